The minimum Gasteiger partial charge on any atom is -0.369 e. The summed E-state index contributed by atoms with van der Waals surface area (Å²) < 4.78 is 0. The predicted molar refractivity (Wildman–Crippen MR) is 60.8 cm³/mol. The van der Waals surface area contributed by atoms with E-state index in [-0.39, 0.29) is 18.2 Å². The Balaban J connectivity index is 2.27. The van der Waals surface area contributed by atoms with E-state index in [2.05, 4.69) is 0 Å². The first kappa shape index (κ1) is 10.7. The summed E-state index contributed by atoms with van der Waals surface area (Å²) in [6, 6.07) is 7.63. The third-order valence-electron chi connectivity index (χ3n) is 2.93. The van der Waals surface area contributed by atoms with Crippen molar-refractivity contribution in [2.45, 2.75) is 13.3 Å². The van der Waals surface area contributed by atoms with E-state index < -0.39 is 5.91 Å². The molecular formula is C12H14N2O2. The van der Waals surface area contributed by atoms with Gasteiger partial charge in [0.1, 0.15) is 0 Å². The molecule has 1 saturated heterocycles. The van der Waals surface area contributed by atoms with E-state index in [9.17, 15) is 9.59 Å². The van der Waals surface area contributed by atoms with E-state index >= 15 is 0 Å². The van der Waals surface area contributed by atoms with Crippen LogP contribution in [0.25, 0.3) is 0 Å². The van der Waals surface area contributed by atoms with Gasteiger partial charge in [0.05, 0.1) is 5.92 Å². The van der Waals surface area contributed by atoms with Crippen molar-refractivity contribution in [2.24, 2.45) is 11.7 Å². The molecule has 0 radical (unpaired) electrons. The molecule has 2 rings (SSSR count). The number of carbonyl (C=O) groups is 2. The van der Waals surface area contributed by atoms with E-state index in [1.54, 1.807) is 4.90 Å². The monoisotopic (exact) mass is 218 g/mol. The van der Waals surface area contributed by atoms with Crippen LogP contribution in [0.15, 0.2) is 24.3 Å². The standard InChI is InChI=1S/C12H14N2O2/c1-8-4-2-3-5-10(8)14-7-9(12(13)16)6-11(14)15/h2-5,9H,6-7H2,1H3,(H2,13,16)/t9-/m1/s1. The molecule has 0 aromatic heterocycles. The second-order valence-electron chi connectivity index (χ2n) is 4.09. The average Bonchev–Trinajstić information content (AvgIpc) is 2.61. The number of aryl methyl sites for hydroxylation is 1. The molecule has 1 aromatic carbocycles. The van der Waals surface area contributed by atoms with Gasteiger partial charge in [-0.05, 0) is 18.6 Å². The summed E-state index contributed by atoms with van der Waals surface area (Å²) in [6.07, 6.45) is 0.226. The van der Waals surface area contributed by atoms with Gasteiger partial charge in [0, 0.05) is 18.7 Å². The van der Waals surface area contributed by atoms with Crippen LogP contribution in [0.5, 0.6) is 0 Å². The third kappa shape index (κ3) is 1.78. The fraction of sp³-hybridized carbons (Fsp3) is 0.333. The van der Waals surface area contributed by atoms with Gasteiger partial charge in [0.25, 0.3) is 0 Å². The number of rotatable bonds is 2. The molecule has 1 heterocycles. The number of nitrogens with zero attached hydrogens (tertiary/aromatic N) is 1. The van der Waals surface area contributed by atoms with Crippen molar-refractivity contribution < 1.29 is 9.59 Å². The van der Waals surface area contributed by atoms with Gasteiger partial charge in [-0.15, -0.1) is 0 Å². The summed E-state index contributed by atoms with van der Waals surface area (Å²) in [5.74, 6) is -0.783. The second kappa shape index (κ2) is 3.96. The molecule has 1 aromatic rings. The maximum Gasteiger partial charge on any atom is 0.227 e. The molecular weight excluding hydrogens is 204 g/mol. The Kier molecular flexibility index (Phi) is 2.64. The Morgan fingerprint density at radius 3 is 2.69 bits per heavy atom. The maximum absolute atomic E-state index is 11.8. The van der Waals surface area contributed by atoms with Crippen molar-refractivity contribution in [2.75, 3.05) is 11.4 Å². The fourth-order valence-corrected chi connectivity index (χ4v) is 2.00. The van der Waals surface area contributed by atoms with Crippen molar-refractivity contribution in [3.8, 4) is 0 Å². The van der Waals surface area contributed by atoms with Crippen molar-refractivity contribution in [1.82, 2.24) is 0 Å². The second-order valence-corrected chi connectivity index (χ2v) is 4.09. The Morgan fingerprint density at radius 2 is 2.12 bits per heavy atom. The summed E-state index contributed by atoms with van der Waals surface area (Å²) in [5.41, 5.74) is 7.12. The van der Waals surface area contributed by atoms with Gasteiger partial charge in [0.15, 0.2) is 0 Å². The third-order valence-corrected chi connectivity index (χ3v) is 2.93. The SMILES string of the molecule is Cc1ccccc1N1C[C@H](C(N)=O)CC1=O. The molecule has 0 aliphatic carbocycles. The molecule has 2 amide bonds. The Hall–Kier alpha value is -1.84. The Morgan fingerprint density at radius 1 is 1.44 bits per heavy atom. The zero-order chi connectivity index (χ0) is 11.7. The number of amides is 2. The Bertz CT molecular complexity index is 442. The molecule has 0 spiro atoms. The number of nitrogens with two attached hydrogens (primary N) is 1. The van der Waals surface area contributed by atoms with Gasteiger partial charge >= 0.3 is 0 Å². The summed E-state index contributed by atoms with van der Waals surface area (Å²) in [6.45, 7) is 2.35. The largest absolute Gasteiger partial charge is 0.369 e. The van der Waals surface area contributed by atoms with Crippen molar-refractivity contribution in [1.29, 1.82) is 0 Å². The fourth-order valence-electron chi connectivity index (χ4n) is 2.00. The van der Waals surface area contributed by atoms with E-state index in [0.717, 1.165) is 11.3 Å². The average molecular weight is 218 g/mol. The molecule has 1 atom stereocenters. The van der Waals surface area contributed by atoms with Crippen LogP contribution in [-0.4, -0.2) is 18.4 Å². The summed E-state index contributed by atoms with van der Waals surface area (Å²) in [7, 11) is 0. The lowest BCUT2D eigenvalue weighted by Crippen LogP contribution is -2.28. The van der Waals surface area contributed by atoms with E-state index in [0.29, 0.717) is 6.54 Å². The number of para-hydroxylation sites is 1. The van der Waals surface area contributed by atoms with E-state index in [1.165, 1.54) is 0 Å². The zero-order valence-corrected chi connectivity index (χ0v) is 9.14. The molecule has 4 heteroatoms. The Labute approximate surface area is 94.0 Å². The maximum atomic E-state index is 11.8. The van der Waals surface area contributed by atoms with Crippen LogP contribution in [0.3, 0.4) is 0 Å². The van der Waals surface area contributed by atoms with E-state index in [4.69, 9.17) is 5.73 Å². The molecule has 2 N–H and O–H groups in total. The van der Waals surface area contributed by atoms with Crippen LogP contribution in [0, 0.1) is 12.8 Å². The topological polar surface area (TPSA) is 63.4 Å². The molecule has 84 valence electrons. The van der Waals surface area contributed by atoms with Gasteiger partial charge in [-0.3, -0.25) is 9.59 Å². The molecule has 0 saturated carbocycles. The number of hydrogen-bond acceptors (Lipinski definition) is 2. The molecule has 16 heavy (non-hydrogen) atoms. The van der Waals surface area contributed by atoms with Crippen LogP contribution >= 0.6 is 0 Å². The van der Waals surface area contributed by atoms with Gasteiger partial charge in [0.2, 0.25) is 11.8 Å². The number of hydrogen-bond donors (Lipinski definition) is 1. The molecule has 1 aliphatic heterocycles. The van der Waals surface area contributed by atoms with Crippen LogP contribution < -0.4 is 10.6 Å². The van der Waals surface area contributed by atoms with Gasteiger partial charge in [-0.1, -0.05) is 18.2 Å². The van der Waals surface area contributed by atoms with Crippen molar-refractivity contribution in [3.63, 3.8) is 0 Å². The number of carbonyl (C=O) groups excluding carboxylic acids is 2. The molecule has 0 unspecified atom stereocenters. The smallest absolute Gasteiger partial charge is 0.227 e. The first-order valence-corrected chi connectivity index (χ1v) is 5.25. The van der Waals surface area contributed by atoms with Crippen molar-refractivity contribution >= 4 is 17.5 Å². The summed E-state index contributed by atoms with van der Waals surface area (Å²) in [5, 5.41) is 0. The van der Waals surface area contributed by atoms with Gasteiger partial charge in [-0.2, -0.15) is 0 Å². The number of anilines is 1. The zero-order valence-electron chi connectivity index (χ0n) is 9.14. The molecule has 4 nitrogen and oxygen atoms in total. The highest BCUT2D eigenvalue weighted by Crippen LogP contribution is 2.27. The minimum atomic E-state index is -0.399. The van der Waals surface area contributed by atoms with Crippen LogP contribution in [-0.2, 0) is 9.59 Å². The molecule has 1 fully saturated rings. The summed E-state index contributed by atoms with van der Waals surface area (Å²) >= 11 is 0. The molecule has 0 bridgehead atoms. The lowest BCUT2D eigenvalue weighted by Gasteiger charge is -2.18. The lowest BCUT2D eigenvalue weighted by molar-refractivity contribution is -0.123. The normalized spacial score (nSPS) is 20.2. The summed E-state index contributed by atoms with van der Waals surface area (Å²) in [4.78, 5) is 24.5. The van der Waals surface area contributed by atoms with Crippen LogP contribution in [0.4, 0.5) is 5.69 Å². The highest BCUT2D eigenvalue weighted by atomic mass is 16.2. The highest BCUT2D eigenvalue weighted by Gasteiger charge is 2.34. The van der Waals surface area contributed by atoms with Crippen LogP contribution in [0.1, 0.15) is 12.0 Å². The first-order valence-electron chi connectivity index (χ1n) is 5.25. The van der Waals surface area contributed by atoms with E-state index in [1.807, 2.05) is 31.2 Å². The lowest BCUT2D eigenvalue weighted by atomic mass is 10.1. The minimum absolute atomic E-state index is 0.0295. The number of benzene rings is 1. The number of primary amides is 1. The van der Waals surface area contributed by atoms with Gasteiger partial charge < -0.3 is 10.6 Å². The highest BCUT2D eigenvalue weighted by molar-refractivity contribution is 6.00. The molecule has 1 aliphatic rings. The first-order chi connectivity index (χ1) is 7.59. The quantitative estimate of drug-likeness (QED) is 0.799. The predicted octanol–water partition coefficient (Wildman–Crippen LogP) is 0.833. The van der Waals surface area contributed by atoms with Gasteiger partial charge in [-0.25, -0.2) is 0 Å². The van der Waals surface area contributed by atoms with Crippen molar-refractivity contribution in [3.05, 3.63) is 29.8 Å². The van der Waals surface area contributed by atoms with Crippen LogP contribution in [0.2, 0.25) is 0 Å².